The van der Waals surface area contributed by atoms with Crippen LogP contribution < -0.4 is 5.73 Å². The van der Waals surface area contributed by atoms with E-state index in [4.69, 9.17) is 10.5 Å². The Labute approximate surface area is 114 Å². The van der Waals surface area contributed by atoms with Gasteiger partial charge in [0.1, 0.15) is 6.04 Å². The zero-order valence-electron chi connectivity index (χ0n) is 12.3. The van der Waals surface area contributed by atoms with Gasteiger partial charge in [-0.3, -0.25) is 0 Å². The van der Waals surface area contributed by atoms with Gasteiger partial charge in [0.25, 0.3) is 0 Å². The van der Waals surface area contributed by atoms with Crippen molar-refractivity contribution in [2.45, 2.75) is 52.6 Å². The third-order valence-electron chi connectivity index (χ3n) is 3.92. The molecule has 2 N–H and O–H groups in total. The van der Waals surface area contributed by atoms with Gasteiger partial charge in [0, 0.05) is 17.9 Å². The number of hydrogen-bond acceptors (Lipinski definition) is 3. The van der Waals surface area contributed by atoms with Crippen molar-refractivity contribution in [2.75, 3.05) is 6.61 Å². The van der Waals surface area contributed by atoms with Crippen molar-refractivity contribution in [1.82, 2.24) is 4.57 Å². The number of carbonyl (C=O) groups is 1. The van der Waals surface area contributed by atoms with Crippen molar-refractivity contribution in [1.29, 1.82) is 0 Å². The van der Waals surface area contributed by atoms with Gasteiger partial charge in [0.05, 0.1) is 6.61 Å². The van der Waals surface area contributed by atoms with Crippen LogP contribution >= 0.6 is 0 Å². The summed E-state index contributed by atoms with van der Waals surface area (Å²) < 4.78 is 7.13. The fraction of sp³-hybridized carbons (Fsp3) is 0.667. The van der Waals surface area contributed by atoms with Crippen LogP contribution in [-0.2, 0) is 16.0 Å². The Morgan fingerprint density at radius 2 is 2.32 bits per heavy atom. The lowest BCUT2D eigenvalue weighted by Gasteiger charge is -2.35. The monoisotopic (exact) mass is 264 g/mol. The average Bonchev–Trinajstić information content (AvgIpc) is 2.70. The number of aromatic nitrogens is 1. The van der Waals surface area contributed by atoms with E-state index in [2.05, 4.69) is 13.8 Å². The van der Waals surface area contributed by atoms with Crippen LogP contribution in [0.15, 0.2) is 12.3 Å². The summed E-state index contributed by atoms with van der Waals surface area (Å²) in [5.74, 6) is -0.183. The molecule has 0 amide bonds. The van der Waals surface area contributed by atoms with Crippen molar-refractivity contribution in [3.8, 4) is 0 Å². The van der Waals surface area contributed by atoms with Crippen molar-refractivity contribution in [3.05, 3.63) is 23.5 Å². The molecule has 1 aromatic rings. The summed E-state index contributed by atoms with van der Waals surface area (Å²) in [7, 11) is 0. The highest BCUT2D eigenvalue weighted by atomic mass is 16.5. The van der Waals surface area contributed by atoms with Crippen molar-refractivity contribution in [3.63, 3.8) is 0 Å². The molecule has 1 aliphatic rings. The third kappa shape index (κ3) is 2.68. The van der Waals surface area contributed by atoms with Gasteiger partial charge in [-0.25, -0.2) is 4.79 Å². The minimum atomic E-state index is -0.287. The molecule has 2 atom stereocenters. The summed E-state index contributed by atoms with van der Waals surface area (Å²) in [6.07, 6.45) is 3.90. The molecule has 2 unspecified atom stereocenters. The van der Waals surface area contributed by atoms with Crippen molar-refractivity contribution >= 4 is 5.97 Å². The van der Waals surface area contributed by atoms with Crippen LogP contribution in [0.25, 0.3) is 0 Å². The Hall–Kier alpha value is -1.29. The topological polar surface area (TPSA) is 57.2 Å². The number of nitrogens with two attached hydrogens (primary N) is 1. The maximum absolute atomic E-state index is 11.9. The summed E-state index contributed by atoms with van der Waals surface area (Å²) in [4.78, 5) is 11.9. The third-order valence-corrected chi connectivity index (χ3v) is 3.92. The molecule has 4 heteroatoms. The van der Waals surface area contributed by atoms with E-state index >= 15 is 0 Å². The van der Waals surface area contributed by atoms with Gasteiger partial charge in [0.15, 0.2) is 0 Å². The minimum absolute atomic E-state index is 0.0643. The first-order chi connectivity index (χ1) is 8.85. The highest BCUT2D eigenvalue weighted by Gasteiger charge is 2.34. The first kappa shape index (κ1) is 14.1. The Kier molecular flexibility index (Phi) is 3.72. The molecule has 0 radical (unpaired) electrons. The Morgan fingerprint density at radius 1 is 1.63 bits per heavy atom. The summed E-state index contributed by atoms with van der Waals surface area (Å²) in [6, 6.07) is 1.82. The zero-order valence-corrected chi connectivity index (χ0v) is 12.3. The van der Waals surface area contributed by atoms with Crippen LogP contribution in [-0.4, -0.2) is 17.1 Å². The molecule has 1 heterocycles. The van der Waals surface area contributed by atoms with Crippen LogP contribution in [0.1, 0.15) is 57.5 Å². The lowest BCUT2D eigenvalue weighted by molar-refractivity contribution is -0.146. The van der Waals surface area contributed by atoms with E-state index in [0.717, 1.165) is 12.8 Å². The second-order valence-corrected chi connectivity index (χ2v) is 6.20. The molecule has 0 aromatic carbocycles. The molecule has 0 saturated heterocycles. The fourth-order valence-electron chi connectivity index (χ4n) is 3.00. The Balaban J connectivity index is 2.32. The van der Waals surface area contributed by atoms with E-state index in [1.54, 1.807) is 0 Å². The van der Waals surface area contributed by atoms with Crippen LogP contribution in [0.3, 0.4) is 0 Å². The predicted molar refractivity (Wildman–Crippen MR) is 74.8 cm³/mol. The van der Waals surface area contributed by atoms with Gasteiger partial charge in [-0.1, -0.05) is 13.8 Å². The normalized spacial score (nSPS) is 22.7. The van der Waals surface area contributed by atoms with Crippen LogP contribution in [0.2, 0.25) is 0 Å². The molecule has 0 bridgehead atoms. The maximum atomic E-state index is 11.9. The molecule has 0 fully saturated rings. The van der Waals surface area contributed by atoms with Crippen LogP contribution in [0.4, 0.5) is 0 Å². The largest absolute Gasteiger partial charge is 0.464 e. The molecule has 19 heavy (non-hydrogen) atoms. The molecule has 0 spiro atoms. The van der Waals surface area contributed by atoms with E-state index in [1.807, 2.05) is 30.7 Å². The second-order valence-electron chi connectivity index (χ2n) is 6.20. The average molecular weight is 264 g/mol. The molecule has 106 valence electrons. The van der Waals surface area contributed by atoms with Gasteiger partial charge >= 0.3 is 5.97 Å². The van der Waals surface area contributed by atoms with Crippen LogP contribution in [0, 0.1) is 5.41 Å². The lowest BCUT2D eigenvalue weighted by atomic mass is 9.74. The second kappa shape index (κ2) is 5.00. The fourth-order valence-corrected chi connectivity index (χ4v) is 3.00. The number of esters is 1. The van der Waals surface area contributed by atoms with E-state index in [9.17, 15) is 4.79 Å². The number of nitrogens with zero attached hydrogens (tertiary/aromatic N) is 1. The number of hydrogen-bond donors (Lipinski definition) is 1. The predicted octanol–water partition coefficient (Wildman–Crippen LogP) is 2.58. The van der Waals surface area contributed by atoms with Gasteiger partial charge in [-0.15, -0.1) is 0 Å². The van der Waals surface area contributed by atoms with E-state index in [-0.39, 0.29) is 23.5 Å². The Morgan fingerprint density at radius 3 is 2.95 bits per heavy atom. The lowest BCUT2D eigenvalue weighted by Crippen LogP contribution is -2.31. The standard InChI is InChI=1S/C15H24N2O2/c1-5-19-14(18)10(2)17-7-6-11-12(16)8-15(3,4)9-13(11)17/h6-7,10,12H,5,8-9,16H2,1-4H3. The summed E-state index contributed by atoms with van der Waals surface area (Å²) >= 11 is 0. The summed E-state index contributed by atoms with van der Waals surface area (Å²) in [5, 5.41) is 0. The summed E-state index contributed by atoms with van der Waals surface area (Å²) in [6.45, 7) is 8.57. The van der Waals surface area contributed by atoms with E-state index in [1.165, 1.54) is 11.3 Å². The molecule has 1 aliphatic carbocycles. The first-order valence-electron chi connectivity index (χ1n) is 6.97. The highest BCUT2D eigenvalue weighted by Crippen LogP contribution is 2.40. The number of rotatable bonds is 3. The molecule has 0 aliphatic heterocycles. The van der Waals surface area contributed by atoms with Crippen molar-refractivity contribution < 1.29 is 9.53 Å². The van der Waals surface area contributed by atoms with Gasteiger partial charge in [-0.05, 0) is 43.7 Å². The minimum Gasteiger partial charge on any atom is -0.464 e. The zero-order chi connectivity index (χ0) is 14.2. The van der Waals surface area contributed by atoms with Crippen LogP contribution in [0.5, 0.6) is 0 Å². The molecular formula is C15H24N2O2. The molecule has 2 rings (SSSR count). The Bertz CT molecular complexity index is 476. The molecule has 4 nitrogen and oxygen atoms in total. The SMILES string of the molecule is CCOC(=O)C(C)n1ccc2c1CC(C)(C)CC2N. The number of fused-ring (bicyclic) bond motifs is 1. The molecule has 0 saturated carbocycles. The van der Waals surface area contributed by atoms with E-state index in [0.29, 0.717) is 6.61 Å². The quantitative estimate of drug-likeness (QED) is 0.854. The number of ether oxygens (including phenoxy) is 1. The maximum Gasteiger partial charge on any atom is 0.328 e. The summed E-state index contributed by atoms with van der Waals surface area (Å²) in [5.41, 5.74) is 8.78. The molecule has 1 aromatic heterocycles. The van der Waals surface area contributed by atoms with E-state index < -0.39 is 0 Å². The van der Waals surface area contributed by atoms with Crippen molar-refractivity contribution in [2.24, 2.45) is 11.1 Å². The first-order valence-corrected chi connectivity index (χ1v) is 6.97. The molecular weight excluding hydrogens is 240 g/mol. The van der Waals surface area contributed by atoms with Gasteiger partial charge < -0.3 is 15.0 Å². The number of carbonyl (C=O) groups excluding carboxylic acids is 1. The highest BCUT2D eigenvalue weighted by molar-refractivity contribution is 5.74. The smallest absolute Gasteiger partial charge is 0.328 e. The van der Waals surface area contributed by atoms with Gasteiger partial charge in [0.2, 0.25) is 0 Å². The van der Waals surface area contributed by atoms with Gasteiger partial charge in [-0.2, -0.15) is 0 Å².